The first-order valence-electron chi connectivity index (χ1n) is 12.0. The Kier molecular flexibility index (Phi) is 5.88. The van der Waals surface area contributed by atoms with Crippen LogP contribution in [0.2, 0.25) is 0 Å². The van der Waals surface area contributed by atoms with Gasteiger partial charge in [0.2, 0.25) is 11.8 Å². The number of carboxylic acids is 1. The van der Waals surface area contributed by atoms with E-state index in [-0.39, 0.29) is 24.6 Å². The Labute approximate surface area is 209 Å². The van der Waals surface area contributed by atoms with Gasteiger partial charge in [0.15, 0.2) is 0 Å². The number of hydrogen-bond donors (Lipinski definition) is 3. The summed E-state index contributed by atoms with van der Waals surface area (Å²) in [7, 11) is 0. The molecule has 0 aromatic heterocycles. The van der Waals surface area contributed by atoms with Crippen molar-refractivity contribution in [2.45, 2.75) is 38.4 Å². The van der Waals surface area contributed by atoms with Crippen molar-refractivity contribution >= 4 is 17.8 Å². The summed E-state index contributed by atoms with van der Waals surface area (Å²) in [5.41, 5.74) is 2.48. The van der Waals surface area contributed by atoms with Crippen molar-refractivity contribution in [3.8, 4) is 5.75 Å². The number of carbonyl (C=O) groups excluding carboxylic acids is 2. The number of hydrogen-bond acceptors (Lipinski definition) is 5. The van der Waals surface area contributed by atoms with Gasteiger partial charge in [0.1, 0.15) is 11.3 Å². The molecule has 7 heteroatoms. The highest BCUT2D eigenvalue weighted by Gasteiger charge is 2.68. The van der Waals surface area contributed by atoms with Gasteiger partial charge >= 0.3 is 5.97 Å². The normalized spacial score (nSPS) is 25.3. The van der Waals surface area contributed by atoms with Crippen LogP contribution in [0.5, 0.6) is 5.75 Å². The SMILES string of the molecule is Cc1ccc(C)c(C2NC(Cc3ccc(O)cc3)(C(=O)O)C3C(=O)N(Cc4ccccc4)C(=O)C23)c1. The molecule has 0 radical (unpaired) electrons. The molecule has 5 rings (SSSR count). The van der Waals surface area contributed by atoms with Crippen LogP contribution in [0.3, 0.4) is 0 Å². The molecule has 0 bridgehead atoms. The quantitative estimate of drug-likeness (QED) is 0.462. The molecular weight excluding hydrogens is 456 g/mol. The lowest BCUT2D eigenvalue weighted by Crippen LogP contribution is -2.57. The Morgan fingerprint density at radius 3 is 2.31 bits per heavy atom. The van der Waals surface area contributed by atoms with Gasteiger partial charge in [-0.3, -0.25) is 24.6 Å². The lowest BCUT2D eigenvalue weighted by molar-refractivity contribution is -0.151. The fourth-order valence-electron chi connectivity index (χ4n) is 5.72. The smallest absolute Gasteiger partial charge is 0.325 e. The molecule has 3 N–H and O–H groups in total. The molecule has 0 spiro atoms. The largest absolute Gasteiger partial charge is 0.508 e. The van der Waals surface area contributed by atoms with Crippen LogP contribution in [-0.4, -0.2) is 38.4 Å². The van der Waals surface area contributed by atoms with Gasteiger partial charge in [-0.05, 0) is 48.2 Å². The predicted molar refractivity (Wildman–Crippen MR) is 133 cm³/mol. The minimum absolute atomic E-state index is 0.0106. The molecule has 7 nitrogen and oxygen atoms in total. The first-order chi connectivity index (χ1) is 17.2. The van der Waals surface area contributed by atoms with Gasteiger partial charge in [0, 0.05) is 12.5 Å². The second-order valence-electron chi connectivity index (χ2n) is 9.85. The van der Waals surface area contributed by atoms with Crippen molar-refractivity contribution in [1.29, 1.82) is 0 Å². The maximum absolute atomic E-state index is 13.9. The first kappa shape index (κ1) is 23.8. The van der Waals surface area contributed by atoms with Gasteiger partial charge in [-0.2, -0.15) is 0 Å². The molecule has 4 atom stereocenters. The van der Waals surface area contributed by atoms with E-state index in [9.17, 15) is 24.6 Å². The maximum atomic E-state index is 13.9. The maximum Gasteiger partial charge on any atom is 0.325 e. The van der Waals surface area contributed by atoms with Crippen LogP contribution in [0.15, 0.2) is 72.8 Å². The summed E-state index contributed by atoms with van der Waals surface area (Å²) in [6.07, 6.45) is -0.0106. The minimum atomic E-state index is -1.69. The Morgan fingerprint density at radius 1 is 0.944 bits per heavy atom. The number of nitrogens with zero attached hydrogens (tertiary/aromatic N) is 1. The highest BCUT2D eigenvalue weighted by Crippen LogP contribution is 2.51. The van der Waals surface area contributed by atoms with E-state index in [0.717, 1.165) is 22.3 Å². The van der Waals surface area contributed by atoms with Crippen molar-refractivity contribution in [3.63, 3.8) is 0 Å². The van der Waals surface area contributed by atoms with E-state index in [2.05, 4.69) is 5.32 Å². The zero-order chi connectivity index (χ0) is 25.6. The lowest BCUT2D eigenvalue weighted by Gasteiger charge is -2.31. The second-order valence-corrected chi connectivity index (χ2v) is 9.85. The Morgan fingerprint density at radius 2 is 1.64 bits per heavy atom. The number of nitrogens with one attached hydrogen (secondary N) is 1. The molecule has 3 aromatic rings. The highest BCUT2D eigenvalue weighted by molar-refractivity contribution is 6.09. The average Bonchev–Trinajstić information content (AvgIpc) is 3.32. The molecule has 3 aromatic carbocycles. The number of aryl methyl sites for hydroxylation is 2. The van der Waals surface area contributed by atoms with Crippen LogP contribution in [-0.2, 0) is 27.3 Å². The Hall–Kier alpha value is -3.97. The van der Waals surface area contributed by atoms with Crippen LogP contribution in [0.4, 0.5) is 0 Å². The lowest BCUT2D eigenvalue weighted by atomic mass is 9.76. The molecule has 2 amide bonds. The molecule has 4 unspecified atom stereocenters. The van der Waals surface area contributed by atoms with E-state index in [1.165, 1.54) is 17.0 Å². The summed E-state index contributed by atoms with van der Waals surface area (Å²) in [4.78, 5) is 41.9. The third-order valence-corrected chi connectivity index (χ3v) is 7.50. The highest BCUT2D eigenvalue weighted by atomic mass is 16.4. The average molecular weight is 485 g/mol. The molecule has 2 heterocycles. The number of carboxylic acid groups (broad SMARTS) is 1. The topological polar surface area (TPSA) is 107 Å². The van der Waals surface area contributed by atoms with E-state index in [4.69, 9.17) is 0 Å². The number of phenols is 1. The van der Waals surface area contributed by atoms with Crippen molar-refractivity contribution in [2.75, 3.05) is 0 Å². The van der Waals surface area contributed by atoms with Crippen LogP contribution < -0.4 is 5.32 Å². The third kappa shape index (κ3) is 3.85. The predicted octanol–water partition coefficient (Wildman–Crippen LogP) is 3.52. The molecule has 2 saturated heterocycles. The number of benzene rings is 3. The van der Waals surface area contributed by atoms with Gasteiger partial charge in [-0.15, -0.1) is 0 Å². The molecule has 0 aliphatic carbocycles. The Balaban J connectivity index is 1.63. The summed E-state index contributed by atoms with van der Waals surface area (Å²) in [5, 5.41) is 23.6. The van der Waals surface area contributed by atoms with Gasteiger partial charge < -0.3 is 10.2 Å². The number of carbonyl (C=O) groups is 3. The monoisotopic (exact) mass is 484 g/mol. The van der Waals surface area contributed by atoms with Gasteiger partial charge in [-0.1, -0.05) is 66.2 Å². The fourth-order valence-corrected chi connectivity index (χ4v) is 5.72. The summed E-state index contributed by atoms with van der Waals surface area (Å²) >= 11 is 0. The summed E-state index contributed by atoms with van der Waals surface area (Å²) in [6.45, 7) is 3.97. The number of likely N-dealkylation sites (tertiary alicyclic amines) is 1. The Bertz CT molecular complexity index is 1340. The fraction of sp³-hybridized carbons (Fsp3) is 0.276. The van der Waals surface area contributed by atoms with Crippen molar-refractivity contribution < 1.29 is 24.6 Å². The van der Waals surface area contributed by atoms with Crippen molar-refractivity contribution in [3.05, 3.63) is 101 Å². The van der Waals surface area contributed by atoms with Crippen LogP contribution in [0.25, 0.3) is 0 Å². The van der Waals surface area contributed by atoms with Crippen molar-refractivity contribution in [2.24, 2.45) is 11.8 Å². The number of imide groups is 1. The van der Waals surface area contributed by atoms with Gasteiger partial charge in [0.05, 0.1) is 18.4 Å². The molecule has 2 fully saturated rings. The molecular formula is C29H28N2O5. The van der Waals surface area contributed by atoms with Gasteiger partial charge in [-0.25, -0.2) is 0 Å². The number of fused-ring (bicyclic) bond motifs is 1. The van der Waals surface area contributed by atoms with Crippen LogP contribution >= 0.6 is 0 Å². The van der Waals surface area contributed by atoms with Crippen molar-refractivity contribution in [1.82, 2.24) is 10.2 Å². The number of amides is 2. The second kappa shape index (κ2) is 8.91. The minimum Gasteiger partial charge on any atom is -0.508 e. The van der Waals surface area contributed by atoms with E-state index < -0.39 is 35.3 Å². The zero-order valence-electron chi connectivity index (χ0n) is 20.1. The third-order valence-electron chi connectivity index (χ3n) is 7.50. The molecule has 0 saturated carbocycles. The molecule has 2 aliphatic rings. The van der Waals surface area contributed by atoms with Gasteiger partial charge in [0.25, 0.3) is 0 Å². The standard InChI is InChI=1S/C29H28N2O5/c1-17-8-9-18(2)22(14-17)25-23-24(27(34)31(26(23)33)16-20-6-4-3-5-7-20)29(30-25,28(35)36)15-19-10-12-21(32)13-11-19/h3-14,23-25,30,32H,15-16H2,1-2H3,(H,35,36). The summed E-state index contributed by atoms with van der Waals surface area (Å²) < 4.78 is 0. The number of aliphatic carboxylic acids is 1. The first-order valence-corrected chi connectivity index (χ1v) is 12.0. The number of phenolic OH excluding ortho intramolecular Hbond substituents is 1. The molecule has 184 valence electrons. The number of aromatic hydroxyl groups is 1. The summed E-state index contributed by atoms with van der Waals surface area (Å²) in [6, 6.07) is 20.7. The van der Waals surface area contributed by atoms with E-state index in [1.54, 1.807) is 12.1 Å². The molecule has 2 aliphatic heterocycles. The zero-order valence-corrected chi connectivity index (χ0v) is 20.1. The summed E-state index contributed by atoms with van der Waals surface area (Å²) in [5.74, 6) is -3.88. The van der Waals surface area contributed by atoms with E-state index in [1.807, 2.05) is 62.4 Å². The van der Waals surface area contributed by atoms with Crippen LogP contribution in [0, 0.1) is 25.7 Å². The number of rotatable bonds is 6. The van der Waals surface area contributed by atoms with E-state index in [0.29, 0.717) is 5.56 Å². The van der Waals surface area contributed by atoms with E-state index >= 15 is 0 Å². The van der Waals surface area contributed by atoms with Crippen LogP contribution in [0.1, 0.15) is 33.9 Å². The molecule has 36 heavy (non-hydrogen) atoms.